The van der Waals surface area contributed by atoms with Crippen molar-refractivity contribution < 1.29 is 9.53 Å². The first kappa shape index (κ1) is 27.2. The SMILES string of the molecule is CCCCCCCCC=CCCCCCCCC(=O)CC(N)(N)OC(C)(N)N. The second-order valence-corrected chi connectivity index (χ2v) is 8.29. The average molecular weight is 399 g/mol. The fraction of sp³-hybridized carbons (Fsp3) is 0.864. The zero-order valence-corrected chi connectivity index (χ0v) is 18.4. The number of ketones is 1. The first-order valence-corrected chi connectivity index (χ1v) is 11.2. The molecule has 0 aliphatic heterocycles. The number of hydrogen-bond donors (Lipinski definition) is 4. The van der Waals surface area contributed by atoms with Crippen molar-refractivity contribution in [1.82, 2.24) is 0 Å². The van der Waals surface area contributed by atoms with E-state index in [0.29, 0.717) is 6.42 Å². The molecule has 0 aromatic heterocycles. The number of Topliss-reactive ketones (excluding diaryl/α,β-unsaturated/α-hetero) is 1. The summed E-state index contributed by atoms with van der Waals surface area (Å²) in [5.41, 5.74) is 22.5. The molecule has 0 saturated carbocycles. The number of allylic oxidation sites excluding steroid dienone is 2. The number of carbonyl (C=O) groups is 1. The Labute approximate surface area is 172 Å². The minimum Gasteiger partial charge on any atom is -0.314 e. The fourth-order valence-electron chi connectivity index (χ4n) is 3.23. The van der Waals surface area contributed by atoms with E-state index < -0.39 is 11.7 Å². The van der Waals surface area contributed by atoms with Gasteiger partial charge in [0.15, 0.2) is 11.7 Å². The lowest BCUT2D eigenvalue weighted by Crippen LogP contribution is -2.63. The number of unbranched alkanes of at least 4 members (excludes halogenated alkanes) is 11. The van der Waals surface area contributed by atoms with Crippen molar-refractivity contribution in [2.45, 2.75) is 122 Å². The molecule has 6 nitrogen and oxygen atoms in total. The molecule has 28 heavy (non-hydrogen) atoms. The second-order valence-electron chi connectivity index (χ2n) is 8.29. The summed E-state index contributed by atoms with van der Waals surface area (Å²) in [5, 5.41) is 0. The van der Waals surface area contributed by atoms with Gasteiger partial charge in [0.05, 0.1) is 6.42 Å². The predicted octanol–water partition coefficient (Wildman–Crippen LogP) is 4.16. The highest BCUT2D eigenvalue weighted by atomic mass is 16.6. The van der Waals surface area contributed by atoms with Crippen LogP contribution in [0.15, 0.2) is 12.2 Å². The molecule has 0 rings (SSSR count). The van der Waals surface area contributed by atoms with Crippen LogP contribution in [0.5, 0.6) is 0 Å². The average Bonchev–Trinajstić information content (AvgIpc) is 2.55. The largest absolute Gasteiger partial charge is 0.314 e. The van der Waals surface area contributed by atoms with Crippen molar-refractivity contribution in [2.75, 3.05) is 0 Å². The summed E-state index contributed by atoms with van der Waals surface area (Å²) < 4.78 is 5.11. The molecule has 0 atom stereocenters. The van der Waals surface area contributed by atoms with Crippen LogP contribution in [-0.2, 0) is 9.53 Å². The standard InChI is InChI=1S/C22H46N4O2/c1-3-4-5-6-7-8-9-10-11-12-13-14-15-16-17-18-20(27)19-22(25,26)28-21(2,23)24/h10-11H,3-9,12-19,23-26H2,1-2H3. The van der Waals surface area contributed by atoms with Crippen LogP contribution < -0.4 is 22.9 Å². The maximum atomic E-state index is 11.9. The molecule has 0 amide bonds. The molecule has 0 aliphatic carbocycles. The number of hydrogen-bond acceptors (Lipinski definition) is 6. The van der Waals surface area contributed by atoms with E-state index in [-0.39, 0.29) is 12.2 Å². The summed E-state index contributed by atoms with van der Waals surface area (Å²) in [5.74, 6) is -3.09. The van der Waals surface area contributed by atoms with Gasteiger partial charge in [-0.15, -0.1) is 0 Å². The van der Waals surface area contributed by atoms with Crippen LogP contribution in [0.25, 0.3) is 0 Å². The molecular weight excluding hydrogens is 352 g/mol. The van der Waals surface area contributed by atoms with Gasteiger partial charge in [0.25, 0.3) is 0 Å². The Morgan fingerprint density at radius 1 is 0.786 bits per heavy atom. The summed E-state index contributed by atoms with van der Waals surface area (Å²) in [6.07, 6.45) is 21.0. The summed E-state index contributed by atoms with van der Waals surface area (Å²) in [7, 11) is 0. The Morgan fingerprint density at radius 3 is 1.75 bits per heavy atom. The zero-order chi connectivity index (χ0) is 21.3. The second kappa shape index (κ2) is 16.1. The van der Waals surface area contributed by atoms with E-state index in [9.17, 15) is 4.79 Å². The summed E-state index contributed by atoms with van der Waals surface area (Å²) in [6.45, 7) is 3.69. The van der Waals surface area contributed by atoms with Crippen LogP contribution >= 0.6 is 0 Å². The predicted molar refractivity (Wildman–Crippen MR) is 118 cm³/mol. The summed E-state index contributed by atoms with van der Waals surface area (Å²) in [6, 6.07) is 0. The zero-order valence-electron chi connectivity index (χ0n) is 18.4. The van der Waals surface area contributed by atoms with Crippen molar-refractivity contribution in [1.29, 1.82) is 0 Å². The van der Waals surface area contributed by atoms with Gasteiger partial charge >= 0.3 is 0 Å². The molecule has 8 N–H and O–H groups in total. The highest BCUT2D eigenvalue weighted by Gasteiger charge is 2.30. The molecule has 0 saturated heterocycles. The van der Waals surface area contributed by atoms with E-state index in [0.717, 1.165) is 25.7 Å². The van der Waals surface area contributed by atoms with Gasteiger partial charge in [-0.2, -0.15) is 0 Å². The van der Waals surface area contributed by atoms with Gasteiger partial charge in [-0.3, -0.25) is 27.7 Å². The Bertz CT molecular complexity index is 417. The van der Waals surface area contributed by atoms with Crippen LogP contribution in [0.3, 0.4) is 0 Å². The molecule has 166 valence electrons. The van der Waals surface area contributed by atoms with E-state index in [1.807, 2.05) is 0 Å². The van der Waals surface area contributed by atoms with Crippen LogP contribution in [-0.4, -0.2) is 17.5 Å². The third-order valence-corrected chi connectivity index (χ3v) is 4.60. The molecule has 0 bridgehead atoms. The molecule has 0 aromatic rings. The van der Waals surface area contributed by atoms with E-state index in [2.05, 4.69) is 19.1 Å². The highest BCUT2D eigenvalue weighted by Crippen LogP contribution is 2.13. The lowest BCUT2D eigenvalue weighted by atomic mass is 10.0. The van der Waals surface area contributed by atoms with Crippen molar-refractivity contribution in [2.24, 2.45) is 22.9 Å². The molecule has 0 fully saturated rings. The third kappa shape index (κ3) is 20.0. The van der Waals surface area contributed by atoms with Gasteiger partial charge in [0.1, 0.15) is 5.78 Å². The fourth-order valence-corrected chi connectivity index (χ4v) is 3.23. The monoisotopic (exact) mass is 398 g/mol. The van der Waals surface area contributed by atoms with Crippen LogP contribution in [0.1, 0.15) is 110 Å². The third-order valence-electron chi connectivity index (χ3n) is 4.60. The van der Waals surface area contributed by atoms with Crippen molar-refractivity contribution >= 4 is 5.78 Å². The molecule has 6 heteroatoms. The molecule has 0 heterocycles. The lowest BCUT2D eigenvalue weighted by Gasteiger charge is -2.31. The molecule has 0 aliphatic rings. The topological polar surface area (TPSA) is 130 Å². The number of carbonyl (C=O) groups excluding carboxylic acids is 1. The molecule has 0 unspecified atom stereocenters. The van der Waals surface area contributed by atoms with Gasteiger partial charge in [-0.1, -0.05) is 70.4 Å². The lowest BCUT2D eigenvalue weighted by molar-refractivity contribution is -0.152. The van der Waals surface area contributed by atoms with E-state index >= 15 is 0 Å². The van der Waals surface area contributed by atoms with E-state index in [1.54, 1.807) is 0 Å². The van der Waals surface area contributed by atoms with Crippen molar-refractivity contribution in [3.8, 4) is 0 Å². The van der Waals surface area contributed by atoms with E-state index in [4.69, 9.17) is 27.7 Å². The number of nitrogens with two attached hydrogens (primary N) is 4. The Hall–Kier alpha value is -0.790. The van der Waals surface area contributed by atoms with Gasteiger partial charge < -0.3 is 4.74 Å². The van der Waals surface area contributed by atoms with E-state index in [1.165, 1.54) is 64.7 Å². The number of ether oxygens (including phenoxy) is 1. The summed E-state index contributed by atoms with van der Waals surface area (Å²) >= 11 is 0. The van der Waals surface area contributed by atoms with Gasteiger partial charge in [-0.25, -0.2) is 0 Å². The van der Waals surface area contributed by atoms with Gasteiger partial charge in [0, 0.05) is 6.42 Å². The highest BCUT2D eigenvalue weighted by molar-refractivity contribution is 5.79. The molecule has 0 aromatic carbocycles. The van der Waals surface area contributed by atoms with Crippen LogP contribution in [0.4, 0.5) is 0 Å². The van der Waals surface area contributed by atoms with Crippen molar-refractivity contribution in [3.63, 3.8) is 0 Å². The van der Waals surface area contributed by atoms with Crippen molar-refractivity contribution in [3.05, 3.63) is 12.2 Å². The summed E-state index contributed by atoms with van der Waals surface area (Å²) in [4.78, 5) is 11.9. The maximum Gasteiger partial charge on any atom is 0.180 e. The minimum atomic E-state index is -1.61. The van der Waals surface area contributed by atoms with Crippen LogP contribution in [0.2, 0.25) is 0 Å². The quantitative estimate of drug-likeness (QED) is 0.147. The Balaban J connectivity index is 3.49. The molecule has 0 radical (unpaired) electrons. The Morgan fingerprint density at radius 2 is 1.25 bits per heavy atom. The normalized spacial score (nSPS) is 12.8. The maximum absolute atomic E-state index is 11.9. The van der Waals surface area contributed by atoms with Crippen LogP contribution in [0, 0.1) is 0 Å². The first-order valence-electron chi connectivity index (χ1n) is 11.2. The first-order chi connectivity index (χ1) is 13.2. The minimum absolute atomic E-state index is 0.0214. The van der Waals surface area contributed by atoms with Gasteiger partial charge in [-0.05, 0) is 39.0 Å². The van der Waals surface area contributed by atoms with Gasteiger partial charge in [0.2, 0.25) is 0 Å². The smallest absolute Gasteiger partial charge is 0.180 e. The Kier molecular flexibility index (Phi) is 15.6. The molecule has 0 spiro atoms. The number of rotatable bonds is 19. The molecular formula is C22H46N4O2.